The minimum Gasteiger partial charge on any atom is -0.351 e. The van der Waals surface area contributed by atoms with E-state index in [1.165, 1.54) is 49.9 Å². The van der Waals surface area contributed by atoms with Crippen LogP contribution in [-0.4, -0.2) is 16.5 Å². The molecule has 1 amide bonds. The Bertz CT molecular complexity index is 892. The lowest BCUT2D eigenvalue weighted by molar-refractivity contribution is -0.127. The van der Waals surface area contributed by atoms with Gasteiger partial charge in [-0.15, -0.1) is 0 Å². The maximum absolute atomic E-state index is 12.9. The Hall–Kier alpha value is -1.62. The van der Waals surface area contributed by atoms with Crippen LogP contribution in [0, 0.1) is 23.2 Å². The Balaban J connectivity index is 1.35. The molecule has 1 heterocycles. The van der Waals surface area contributed by atoms with Crippen molar-refractivity contribution in [3.63, 3.8) is 0 Å². The molecular weight excluding hydrogens is 356 g/mol. The van der Waals surface area contributed by atoms with E-state index < -0.39 is 0 Å². The van der Waals surface area contributed by atoms with Gasteiger partial charge in [0.2, 0.25) is 5.91 Å². The first kappa shape index (κ1) is 17.5. The predicted molar refractivity (Wildman–Crippen MR) is 109 cm³/mol. The van der Waals surface area contributed by atoms with Crippen LogP contribution < -0.4 is 10.2 Å². The number of benzene rings is 1. The van der Waals surface area contributed by atoms with Crippen LogP contribution in [0.4, 0.5) is 0 Å². The van der Waals surface area contributed by atoms with E-state index in [-0.39, 0.29) is 23.4 Å². The van der Waals surface area contributed by atoms with Crippen molar-refractivity contribution in [2.45, 2.75) is 64.5 Å². The highest BCUT2D eigenvalue weighted by Gasteiger charge is 2.53. The normalized spacial score (nSPS) is 32.7. The van der Waals surface area contributed by atoms with Crippen LogP contribution in [0.5, 0.6) is 0 Å². The van der Waals surface area contributed by atoms with Crippen LogP contribution in [0.2, 0.25) is 0 Å². The molecule has 0 spiro atoms. The molecule has 6 rings (SSSR count). The third-order valence-corrected chi connectivity index (χ3v) is 8.40. The van der Waals surface area contributed by atoms with Crippen molar-refractivity contribution >= 4 is 27.5 Å². The average Bonchev–Trinajstić information content (AvgIpc) is 2.94. The van der Waals surface area contributed by atoms with E-state index in [1.54, 1.807) is 4.57 Å². The third-order valence-electron chi connectivity index (χ3n) is 7.44. The summed E-state index contributed by atoms with van der Waals surface area (Å²) in [5.41, 5.74) is 1.17. The summed E-state index contributed by atoms with van der Waals surface area (Å²) in [4.78, 5) is 25.2. The molecule has 4 aliphatic rings. The number of carbonyl (C=O) groups excluding carboxylic acids is 1. The molecule has 27 heavy (non-hydrogen) atoms. The Morgan fingerprint density at radius 2 is 1.81 bits per heavy atom. The first-order valence-corrected chi connectivity index (χ1v) is 11.3. The summed E-state index contributed by atoms with van der Waals surface area (Å²) in [5.74, 6) is 2.63. The number of amides is 1. The lowest BCUT2D eigenvalue weighted by Gasteiger charge is -2.59. The van der Waals surface area contributed by atoms with E-state index in [4.69, 9.17) is 0 Å². The second-order valence-electron chi connectivity index (χ2n) is 9.23. The molecule has 4 fully saturated rings. The lowest BCUT2D eigenvalue weighted by atomic mass is 9.47. The van der Waals surface area contributed by atoms with Gasteiger partial charge in [0.25, 0.3) is 0 Å². The highest BCUT2D eigenvalue weighted by molar-refractivity contribution is 7.16. The molecule has 5 heteroatoms. The van der Waals surface area contributed by atoms with E-state index in [0.717, 1.165) is 34.4 Å². The summed E-state index contributed by atoms with van der Waals surface area (Å²) >= 11 is 1.22. The topological polar surface area (TPSA) is 51.1 Å². The smallest absolute Gasteiger partial charge is 0.308 e. The van der Waals surface area contributed by atoms with E-state index in [9.17, 15) is 9.59 Å². The van der Waals surface area contributed by atoms with Crippen molar-refractivity contribution in [1.29, 1.82) is 0 Å². The van der Waals surface area contributed by atoms with E-state index in [2.05, 4.69) is 12.2 Å². The maximum Gasteiger partial charge on any atom is 0.308 e. The molecule has 144 valence electrons. The summed E-state index contributed by atoms with van der Waals surface area (Å²) in [7, 11) is 0. The molecule has 4 bridgehead atoms. The van der Waals surface area contributed by atoms with Crippen molar-refractivity contribution < 1.29 is 4.79 Å². The first-order chi connectivity index (χ1) is 13.1. The minimum absolute atomic E-state index is 0.0109. The van der Waals surface area contributed by atoms with Gasteiger partial charge in [0, 0.05) is 6.04 Å². The molecule has 0 aliphatic heterocycles. The van der Waals surface area contributed by atoms with Gasteiger partial charge in [-0.2, -0.15) is 0 Å². The first-order valence-electron chi connectivity index (χ1n) is 10.4. The minimum atomic E-state index is -0.0470. The zero-order valence-corrected chi connectivity index (χ0v) is 16.8. The standard InChI is InChI=1S/C22H28N2O2S/c1-2-19(22-10-14-7-15(11-22)9-16(8-14)12-22)23-20(25)13-24-17-5-3-4-6-18(17)27-21(24)26/h3-6,14-16,19H,2,7-13H2,1H3,(H,23,25). The second kappa shape index (κ2) is 6.47. The average molecular weight is 385 g/mol. The number of fused-ring (bicyclic) bond motifs is 1. The highest BCUT2D eigenvalue weighted by atomic mass is 32.1. The van der Waals surface area contributed by atoms with Crippen LogP contribution in [0.1, 0.15) is 51.9 Å². The molecular formula is C22H28N2O2S. The number of aromatic nitrogens is 1. The van der Waals surface area contributed by atoms with E-state index in [0.29, 0.717) is 5.41 Å². The highest BCUT2D eigenvalue weighted by Crippen LogP contribution is 2.61. The lowest BCUT2D eigenvalue weighted by Crippen LogP contribution is -2.57. The quantitative estimate of drug-likeness (QED) is 0.841. The molecule has 0 saturated heterocycles. The van der Waals surface area contributed by atoms with Gasteiger partial charge in [0.05, 0.1) is 10.2 Å². The largest absolute Gasteiger partial charge is 0.351 e. The van der Waals surface area contributed by atoms with Crippen molar-refractivity contribution in [2.24, 2.45) is 23.2 Å². The Morgan fingerprint density at radius 1 is 1.19 bits per heavy atom. The Morgan fingerprint density at radius 3 is 2.44 bits per heavy atom. The van der Waals surface area contributed by atoms with Gasteiger partial charge in [-0.1, -0.05) is 30.4 Å². The monoisotopic (exact) mass is 384 g/mol. The predicted octanol–water partition coefficient (Wildman–Crippen LogP) is 4.17. The number of carbonyl (C=O) groups is 1. The van der Waals surface area contributed by atoms with Gasteiger partial charge >= 0.3 is 4.87 Å². The molecule has 1 aromatic carbocycles. The molecule has 1 aromatic heterocycles. The molecule has 4 aliphatic carbocycles. The zero-order chi connectivity index (χ0) is 18.6. The van der Waals surface area contributed by atoms with Crippen LogP contribution in [0.25, 0.3) is 10.2 Å². The summed E-state index contributed by atoms with van der Waals surface area (Å²) in [6.07, 6.45) is 9.11. The van der Waals surface area contributed by atoms with Gasteiger partial charge in [-0.25, -0.2) is 0 Å². The molecule has 0 radical (unpaired) electrons. The number of hydrogen-bond donors (Lipinski definition) is 1. The summed E-state index contributed by atoms with van der Waals surface area (Å²) in [6, 6.07) is 7.98. The van der Waals surface area contributed by atoms with Crippen LogP contribution in [-0.2, 0) is 11.3 Å². The van der Waals surface area contributed by atoms with Gasteiger partial charge in [0.15, 0.2) is 0 Å². The number of thiazole rings is 1. The SMILES string of the molecule is CCC(NC(=O)Cn1c(=O)sc2ccccc21)C12CC3CC(CC(C3)C1)C2. The van der Waals surface area contributed by atoms with E-state index >= 15 is 0 Å². The zero-order valence-electron chi connectivity index (χ0n) is 15.9. The number of rotatable bonds is 5. The van der Waals surface area contributed by atoms with Crippen molar-refractivity contribution in [3.8, 4) is 0 Å². The summed E-state index contributed by atoms with van der Waals surface area (Å²) in [6.45, 7) is 2.33. The summed E-state index contributed by atoms with van der Waals surface area (Å²) in [5, 5.41) is 3.36. The Labute approximate surface area is 164 Å². The number of nitrogens with zero attached hydrogens (tertiary/aromatic N) is 1. The number of nitrogens with one attached hydrogen (secondary N) is 1. The van der Waals surface area contributed by atoms with E-state index in [1.807, 2.05) is 24.3 Å². The van der Waals surface area contributed by atoms with Crippen LogP contribution in [0.15, 0.2) is 29.1 Å². The second-order valence-corrected chi connectivity index (χ2v) is 10.2. The fourth-order valence-corrected chi connectivity index (χ4v) is 7.73. The molecule has 1 N–H and O–H groups in total. The summed E-state index contributed by atoms with van der Waals surface area (Å²) < 4.78 is 2.57. The van der Waals surface area contributed by atoms with Crippen molar-refractivity contribution in [2.75, 3.05) is 0 Å². The molecule has 1 atom stereocenters. The molecule has 1 unspecified atom stereocenters. The molecule has 4 nitrogen and oxygen atoms in total. The number of para-hydroxylation sites is 1. The molecule has 2 aromatic rings. The van der Waals surface area contributed by atoms with Crippen LogP contribution >= 0.6 is 11.3 Å². The molecule has 4 saturated carbocycles. The Kier molecular flexibility index (Phi) is 4.19. The third kappa shape index (κ3) is 2.95. The van der Waals surface area contributed by atoms with Crippen molar-refractivity contribution in [3.05, 3.63) is 33.9 Å². The fraction of sp³-hybridized carbons (Fsp3) is 0.636. The van der Waals surface area contributed by atoms with Gasteiger partial charge in [0.1, 0.15) is 6.54 Å². The van der Waals surface area contributed by atoms with Gasteiger partial charge < -0.3 is 5.32 Å². The van der Waals surface area contributed by atoms with Gasteiger partial charge in [-0.05, 0) is 80.2 Å². The van der Waals surface area contributed by atoms with Crippen molar-refractivity contribution in [1.82, 2.24) is 9.88 Å². The van der Waals surface area contributed by atoms with Crippen LogP contribution in [0.3, 0.4) is 0 Å². The van der Waals surface area contributed by atoms with Gasteiger partial charge in [-0.3, -0.25) is 14.2 Å². The number of hydrogen-bond acceptors (Lipinski definition) is 3. The fourth-order valence-electron chi connectivity index (χ4n) is 6.84. The maximum atomic E-state index is 12.9.